The van der Waals surface area contributed by atoms with E-state index in [1.807, 2.05) is 6.92 Å². The molecule has 0 radical (unpaired) electrons. The smallest absolute Gasteiger partial charge is 0.267 e. The van der Waals surface area contributed by atoms with Crippen LogP contribution in [0.1, 0.15) is 30.6 Å². The van der Waals surface area contributed by atoms with Crippen molar-refractivity contribution in [2.24, 2.45) is 0 Å². The zero-order chi connectivity index (χ0) is 14.0. The maximum absolute atomic E-state index is 11.9. The molecule has 1 aromatic rings. The van der Waals surface area contributed by atoms with Crippen molar-refractivity contribution in [2.75, 3.05) is 18.5 Å². The lowest BCUT2D eigenvalue weighted by Crippen LogP contribution is -2.42. The van der Waals surface area contributed by atoms with Gasteiger partial charge in [0, 0.05) is 19.2 Å². The van der Waals surface area contributed by atoms with Gasteiger partial charge in [-0.1, -0.05) is 6.92 Å². The molecule has 1 unspecified atom stereocenters. The van der Waals surface area contributed by atoms with E-state index >= 15 is 0 Å². The van der Waals surface area contributed by atoms with Crippen molar-refractivity contribution in [3.63, 3.8) is 0 Å². The number of benzene rings is 1. The summed E-state index contributed by atoms with van der Waals surface area (Å²) >= 11 is 0. The van der Waals surface area contributed by atoms with Gasteiger partial charge in [-0.3, -0.25) is 9.59 Å². The SMILES string of the molecule is CCCNC(=O)c1ccc2c(c1)N(C)C(=O)C(C)O2. The lowest BCUT2D eigenvalue weighted by Gasteiger charge is -2.30. The predicted octanol–water partition coefficient (Wildman–Crippen LogP) is 1.57. The number of nitrogens with one attached hydrogen (secondary N) is 1. The van der Waals surface area contributed by atoms with Gasteiger partial charge in [-0.15, -0.1) is 0 Å². The third-order valence-corrected chi connectivity index (χ3v) is 3.10. The highest BCUT2D eigenvalue weighted by Crippen LogP contribution is 2.33. The molecular weight excluding hydrogens is 244 g/mol. The van der Waals surface area contributed by atoms with Gasteiger partial charge in [0.25, 0.3) is 11.8 Å². The summed E-state index contributed by atoms with van der Waals surface area (Å²) in [4.78, 5) is 25.3. The fourth-order valence-corrected chi connectivity index (χ4v) is 1.99. The van der Waals surface area contributed by atoms with Gasteiger partial charge in [0.1, 0.15) is 5.75 Å². The second-order valence-corrected chi connectivity index (χ2v) is 4.60. The Kier molecular flexibility index (Phi) is 3.74. The average Bonchev–Trinajstić information content (AvgIpc) is 2.42. The van der Waals surface area contributed by atoms with Crippen LogP contribution in [0.4, 0.5) is 5.69 Å². The highest BCUT2D eigenvalue weighted by molar-refractivity contribution is 6.02. The van der Waals surface area contributed by atoms with Gasteiger partial charge in [0.15, 0.2) is 6.10 Å². The summed E-state index contributed by atoms with van der Waals surface area (Å²) in [6.45, 7) is 4.34. The first kappa shape index (κ1) is 13.4. The molecule has 5 heteroatoms. The monoisotopic (exact) mass is 262 g/mol. The third-order valence-electron chi connectivity index (χ3n) is 3.10. The lowest BCUT2D eigenvalue weighted by molar-refractivity contribution is -0.125. The molecule has 1 heterocycles. The van der Waals surface area contributed by atoms with E-state index in [4.69, 9.17) is 4.74 Å². The second-order valence-electron chi connectivity index (χ2n) is 4.60. The molecule has 1 aliphatic rings. The normalized spacial score (nSPS) is 17.7. The zero-order valence-corrected chi connectivity index (χ0v) is 11.4. The van der Waals surface area contributed by atoms with Crippen LogP contribution in [-0.2, 0) is 4.79 Å². The molecule has 1 aromatic carbocycles. The number of fused-ring (bicyclic) bond motifs is 1. The van der Waals surface area contributed by atoms with Crippen molar-refractivity contribution in [1.29, 1.82) is 0 Å². The van der Waals surface area contributed by atoms with Crippen LogP contribution in [0.15, 0.2) is 18.2 Å². The molecule has 0 fully saturated rings. The Hall–Kier alpha value is -2.04. The Balaban J connectivity index is 2.28. The molecule has 102 valence electrons. The van der Waals surface area contributed by atoms with Crippen LogP contribution in [0.25, 0.3) is 0 Å². The Morgan fingerprint density at radius 2 is 2.21 bits per heavy atom. The molecule has 19 heavy (non-hydrogen) atoms. The Labute approximate surface area is 112 Å². The summed E-state index contributed by atoms with van der Waals surface area (Å²) in [5, 5.41) is 2.81. The standard InChI is InChI=1S/C14H18N2O3/c1-4-7-15-13(17)10-5-6-12-11(8-10)16(3)14(18)9(2)19-12/h5-6,8-9H,4,7H2,1-3H3,(H,15,17). The molecule has 1 N–H and O–H groups in total. The molecule has 0 saturated heterocycles. The topological polar surface area (TPSA) is 58.6 Å². The number of amides is 2. The predicted molar refractivity (Wildman–Crippen MR) is 72.6 cm³/mol. The molecule has 2 amide bonds. The van der Waals surface area contributed by atoms with Crippen LogP contribution >= 0.6 is 0 Å². The van der Waals surface area contributed by atoms with Crippen LogP contribution in [0, 0.1) is 0 Å². The largest absolute Gasteiger partial charge is 0.479 e. The van der Waals surface area contributed by atoms with Gasteiger partial charge in [0.05, 0.1) is 5.69 Å². The van der Waals surface area contributed by atoms with Crippen LogP contribution in [-0.4, -0.2) is 31.5 Å². The Morgan fingerprint density at radius 3 is 2.89 bits per heavy atom. The van der Waals surface area contributed by atoms with Gasteiger partial charge in [0.2, 0.25) is 0 Å². The van der Waals surface area contributed by atoms with Crippen molar-refractivity contribution >= 4 is 17.5 Å². The summed E-state index contributed by atoms with van der Waals surface area (Å²) < 4.78 is 5.51. The molecule has 0 saturated carbocycles. The molecular formula is C14H18N2O3. The number of hydrogen-bond donors (Lipinski definition) is 1. The van der Waals surface area contributed by atoms with E-state index in [0.717, 1.165) is 6.42 Å². The molecule has 5 nitrogen and oxygen atoms in total. The second kappa shape index (κ2) is 5.30. The van der Waals surface area contributed by atoms with Gasteiger partial charge >= 0.3 is 0 Å². The highest BCUT2D eigenvalue weighted by atomic mass is 16.5. The Bertz CT molecular complexity index is 513. The fourth-order valence-electron chi connectivity index (χ4n) is 1.99. The highest BCUT2D eigenvalue weighted by Gasteiger charge is 2.29. The number of hydrogen-bond acceptors (Lipinski definition) is 3. The number of nitrogens with zero attached hydrogens (tertiary/aromatic N) is 1. The maximum Gasteiger partial charge on any atom is 0.267 e. The van der Waals surface area contributed by atoms with Crippen molar-refractivity contribution < 1.29 is 14.3 Å². The first-order valence-corrected chi connectivity index (χ1v) is 6.41. The van der Waals surface area contributed by atoms with Crippen LogP contribution in [0.2, 0.25) is 0 Å². The van der Waals surface area contributed by atoms with Crippen LogP contribution in [0.5, 0.6) is 5.75 Å². The van der Waals surface area contributed by atoms with E-state index in [-0.39, 0.29) is 11.8 Å². The number of ether oxygens (including phenoxy) is 1. The van der Waals surface area contributed by atoms with E-state index in [9.17, 15) is 9.59 Å². The van der Waals surface area contributed by atoms with Crippen molar-refractivity contribution in [3.05, 3.63) is 23.8 Å². The lowest BCUT2D eigenvalue weighted by atomic mass is 10.1. The summed E-state index contributed by atoms with van der Waals surface area (Å²) in [5.41, 5.74) is 1.16. The van der Waals surface area contributed by atoms with E-state index in [1.165, 1.54) is 4.90 Å². The fraction of sp³-hybridized carbons (Fsp3) is 0.429. The van der Waals surface area contributed by atoms with Crippen molar-refractivity contribution in [2.45, 2.75) is 26.4 Å². The first-order valence-electron chi connectivity index (χ1n) is 6.41. The maximum atomic E-state index is 11.9. The van der Waals surface area contributed by atoms with Crippen molar-refractivity contribution in [3.8, 4) is 5.75 Å². The molecule has 0 aromatic heterocycles. The van der Waals surface area contributed by atoms with Gasteiger partial charge in [-0.2, -0.15) is 0 Å². The minimum absolute atomic E-state index is 0.112. The van der Waals surface area contributed by atoms with Gasteiger partial charge in [-0.05, 0) is 31.5 Å². The van der Waals surface area contributed by atoms with Crippen LogP contribution < -0.4 is 15.0 Å². The molecule has 1 aliphatic heterocycles. The summed E-state index contributed by atoms with van der Waals surface area (Å²) in [5.74, 6) is 0.379. The summed E-state index contributed by atoms with van der Waals surface area (Å²) in [6.07, 6.45) is 0.396. The van der Waals surface area contributed by atoms with E-state index in [0.29, 0.717) is 23.5 Å². The minimum Gasteiger partial charge on any atom is -0.479 e. The minimum atomic E-state index is -0.489. The van der Waals surface area contributed by atoms with Gasteiger partial charge in [-0.25, -0.2) is 0 Å². The van der Waals surface area contributed by atoms with Gasteiger partial charge < -0.3 is 15.0 Å². The number of carbonyl (C=O) groups is 2. The van der Waals surface area contributed by atoms with E-state index < -0.39 is 6.10 Å². The first-order chi connectivity index (χ1) is 9.04. The van der Waals surface area contributed by atoms with Crippen molar-refractivity contribution in [1.82, 2.24) is 5.32 Å². The third kappa shape index (κ3) is 2.54. The Morgan fingerprint density at radius 1 is 1.47 bits per heavy atom. The summed E-state index contributed by atoms with van der Waals surface area (Å²) in [6, 6.07) is 5.12. The summed E-state index contributed by atoms with van der Waals surface area (Å²) in [7, 11) is 1.69. The molecule has 0 bridgehead atoms. The quantitative estimate of drug-likeness (QED) is 0.899. The van der Waals surface area contributed by atoms with E-state index in [1.54, 1.807) is 32.2 Å². The molecule has 1 atom stereocenters. The molecule has 2 rings (SSSR count). The van der Waals surface area contributed by atoms with Crippen LogP contribution in [0.3, 0.4) is 0 Å². The molecule has 0 spiro atoms. The number of likely N-dealkylation sites (N-methyl/N-ethyl adjacent to an activating group) is 1. The number of anilines is 1. The molecule has 0 aliphatic carbocycles. The number of rotatable bonds is 3. The number of carbonyl (C=O) groups excluding carboxylic acids is 2. The zero-order valence-electron chi connectivity index (χ0n) is 11.4. The van der Waals surface area contributed by atoms with E-state index in [2.05, 4.69) is 5.32 Å². The average molecular weight is 262 g/mol.